The molecule has 1 aromatic rings. The second-order valence-electron chi connectivity index (χ2n) is 7.77. The summed E-state index contributed by atoms with van der Waals surface area (Å²) in [6.45, 7) is 4.67. The second-order valence-corrected chi connectivity index (χ2v) is 8.55. The average Bonchev–Trinajstić information content (AvgIpc) is 3.09. The van der Waals surface area contributed by atoms with Crippen LogP contribution in [0.2, 0.25) is 0 Å². The molecule has 1 saturated carbocycles. The first kappa shape index (κ1) is 17.6. The van der Waals surface area contributed by atoms with Crippen LogP contribution in [0.15, 0.2) is 28.7 Å². The highest BCUT2D eigenvalue weighted by Crippen LogP contribution is 2.57. The molecule has 1 atom stereocenters. The Labute approximate surface area is 158 Å². The molecule has 1 saturated heterocycles. The Morgan fingerprint density at radius 1 is 1.38 bits per heavy atom. The van der Waals surface area contributed by atoms with Crippen LogP contribution >= 0.6 is 11.3 Å². The van der Waals surface area contributed by atoms with Gasteiger partial charge in [0, 0.05) is 32.6 Å². The van der Waals surface area contributed by atoms with Crippen LogP contribution < -0.4 is 0 Å². The van der Waals surface area contributed by atoms with Gasteiger partial charge in [-0.25, -0.2) is 0 Å². The summed E-state index contributed by atoms with van der Waals surface area (Å²) < 4.78 is 5.32. The van der Waals surface area contributed by atoms with E-state index in [2.05, 4.69) is 16.8 Å². The fourth-order valence-corrected chi connectivity index (χ4v) is 5.06. The molecule has 0 aromatic carbocycles. The molecule has 0 N–H and O–H groups in total. The standard InChI is InChI=1S/C20H26N2O3S/c1-15(23)22(12-16-4-10-26-14-16)18-11-20(18)5-7-21(8-6-20)19(24)17-3-2-9-25-13-17/h4,10,13-14,18H,2-3,5-9,11-12H2,1H3/t18-/m1/s1. The lowest BCUT2D eigenvalue weighted by atomic mass is 9.91. The van der Waals surface area contributed by atoms with Crippen LogP contribution in [0.1, 0.15) is 44.6 Å². The molecule has 5 nitrogen and oxygen atoms in total. The van der Waals surface area contributed by atoms with Crippen LogP contribution in [0.25, 0.3) is 0 Å². The molecule has 3 aliphatic rings. The van der Waals surface area contributed by atoms with Crippen LogP contribution in [0, 0.1) is 5.41 Å². The zero-order valence-electron chi connectivity index (χ0n) is 15.3. The number of nitrogens with zero attached hydrogens (tertiary/aromatic N) is 2. The van der Waals surface area contributed by atoms with Crippen LogP contribution in [0.3, 0.4) is 0 Å². The summed E-state index contributed by atoms with van der Waals surface area (Å²) in [5, 5.41) is 4.18. The van der Waals surface area contributed by atoms with E-state index in [1.807, 2.05) is 9.80 Å². The van der Waals surface area contributed by atoms with Gasteiger partial charge in [-0.3, -0.25) is 9.59 Å². The first-order chi connectivity index (χ1) is 12.6. The zero-order chi connectivity index (χ0) is 18.1. The Balaban J connectivity index is 1.36. The van der Waals surface area contributed by atoms with E-state index in [1.165, 1.54) is 5.56 Å². The molecule has 1 spiro atoms. The summed E-state index contributed by atoms with van der Waals surface area (Å²) in [6, 6.07) is 2.42. The third kappa shape index (κ3) is 3.39. The van der Waals surface area contributed by atoms with Crippen molar-refractivity contribution in [2.75, 3.05) is 19.7 Å². The van der Waals surface area contributed by atoms with Crippen molar-refractivity contribution in [3.05, 3.63) is 34.2 Å². The third-order valence-corrected chi connectivity index (χ3v) is 6.85. The first-order valence-electron chi connectivity index (χ1n) is 9.47. The van der Waals surface area contributed by atoms with Gasteiger partial charge >= 0.3 is 0 Å². The highest BCUT2D eigenvalue weighted by Gasteiger charge is 2.58. The molecular weight excluding hydrogens is 348 g/mol. The number of carbonyl (C=O) groups is 2. The Morgan fingerprint density at radius 2 is 2.19 bits per heavy atom. The van der Waals surface area contributed by atoms with Crippen molar-refractivity contribution >= 4 is 23.2 Å². The summed E-state index contributed by atoms with van der Waals surface area (Å²) in [7, 11) is 0. The topological polar surface area (TPSA) is 49.9 Å². The largest absolute Gasteiger partial charge is 0.501 e. The first-order valence-corrected chi connectivity index (χ1v) is 10.4. The van der Waals surface area contributed by atoms with Gasteiger partial charge in [0.05, 0.1) is 18.4 Å². The predicted molar refractivity (Wildman–Crippen MR) is 100 cm³/mol. The normalized spacial score (nSPS) is 24.0. The molecule has 4 rings (SSSR count). The van der Waals surface area contributed by atoms with Crippen LogP contribution in [-0.2, 0) is 20.9 Å². The van der Waals surface area contributed by atoms with Gasteiger partial charge < -0.3 is 14.5 Å². The molecule has 2 fully saturated rings. The zero-order valence-corrected chi connectivity index (χ0v) is 16.1. The van der Waals surface area contributed by atoms with E-state index < -0.39 is 0 Å². The number of carbonyl (C=O) groups excluding carboxylic acids is 2. The van der Waals surface area contributed by atoms with Gasteiger partial charge in [-0.1, -0.05) is 0 Å². The molecule has 0 radical (unpaired) electrons. The van der Waals surface area contributed by atoms with Gasteiger partial charge in [0.25, 0.3) is 5.91 Å². The van der Waals surface area contributed by atoms with Crippen molar-refractivity contribution in [3.63, 3.8) is 0 Å². The molecule has 6 heteroatoms. The molecule has 26 heavy (non-hydrogen) atoms. The summed E-state index contributed by atoms with van der Waals surface area (Å²) >= 11 is 1.67. The van der Waals surface area contributed by atoms with E-state index >= 15 is 0 Å². The Morgan fingerprint density at radius 3 is 2.81 bits per heavy atom. The highest BCUT2D eigenvalue weighted by molar-refractivity contribution is 7.07. The van der Waals surface area contributed by atoms with E-state index in [9.17, 15) is 9.59 Å². The Bertz CT molecular complexity index is 705. The predicted octanol–water partition coefficient (Wildman–Crippen LogP) is 3.17. The maximum atomic E-state index is 12.6. The molecular formula is C20H26N2O3S. The van der Waals surface area contributed by atoms with Crippen molar-refractivity contribution in [1.82, 2.24) is 9.80 Å². The van der Waals surface area contributed by atoms with Gasteiger partial charge in [-0.15, -0.1) is 0 Å². The maximum absolute atomic E-state index is 12.6. The van der Waals surface area contributed by atoms with E-state index in [-0.39, 0.29) is 17.2 Å². The van der Waals surface area contributed by atoms with Crippen molar-refractivity contribution < 1.29 is 14.3 Å². The molecule has 2 amide bonds. The van der Waals surface area contributed by atoms with E-state index in [0.29, 0.717) is 19.2 Å². The fourth-order valence-electron chi connectivity index (χ4n) is 4.40. The number of piperidine rings is 1. The summed E-state index contributed by atoms with van der Waals surface area (Å²) in [5.74, 6) is 0.291. The minimum Gasteiger partial charge on any atom is -0.501 e. The molecule has 3 heterocycles. The van der Waals surface area contributed by atoms with Crippen LogP contribution in [0.4, 0.5) is 0 Å². The average molecular weight is 375 g/mol. The van der Waals surface area contributed by atoms with Gasteiger partial charge in [0.15, 0.2) is 0 Å². The third-order valence-electron chi connectivity index (χ3n) is 6.12. The van der Waals surface area contributed by atoms with E-state index in [4.69, 9.17) is 4.74 Å². The smallest absolute Gasteiger partial charge is 0.252 e. The number of hydrogen-bond donors (Lipinski definition) is 0. The van der Waals surface area contributed by atoms with Gasteiger partial charge in [-0.05, 0) is 59.9 Å². The lowest BCUT2D eigenvalue weighted by molar-refractivity contribution is -0.132. The van der Waals surface area contributed by atoms with Crippen molar-refractivity contribution in [2.24, 2.45) is 5.41 Å². The molecule has 0 bridgehead atoms. The van der Waals surface area contributed by atoms with Crippen LogP contribution in [-0.4, -0.2) is 47.4 Å². The van der Waals surface area contributed by atoms with Gasteiger partial charge in [0.1, 0.15) is 0 Å². The number of amides is 2. The van der Waals surface area contributed by atoms with Crippen molar-refractivity contribution in [1.29, 1.82) is 0 Å². The highest BCUT2D eigenvalue weighted by atomic mass is 32.1. The van der Waals surface area contributed by atoms with Gasteiger partial charge in [-0.2, -0.15) is 11.3 Å². The fraction of sp³-hybridized carbons (Fsp3) is 0.600. The monoisotopic (exact) mass is 374 g/mol. The quantitative estimate of drug-likeness (QED) is 0.813. The van der Waals surface area contributed by atoms with E-state index in [1.54, 1.807) is 24.5 Å². The Kier molecular flexibility index (Phi) is 4.78. The van der Waals surface area contributed by atoms with Crippen LogP contribution in [0.5, 0.6) is 0 Å². The second kappa shape index (κ2) is 7.06. The number of thiophene rings is 1. The van der Waals surface area contributed by atoms with E-state index in [0.717, 1.165) is 50.8 Å². The molecule has 140 valence electrons. The summed E-state index contributed by atoms with van der Waals surface area (Å²) in [6.07, 6.45) is 6.45. The number of rotatable bonds is 4. The lowest BCUT2D eigenvalue weighted by Gasteiger charge is -2.35. The number of likely N-dealkylation sites (tertiary alicyclic amines) is 1. The number of hydrogen-bond acceptors (Lipinski definition) is 4. The molecule has 0 unspecified atom stereocenters. The molecule has 2 aliphatic heterocycles. The Hall–Kier alpha value is -1.82. The molecule has 1 aromatic heterocycles. The summed E-state index contributed by atoms with van der Waals surface area (Å²) in [5.41, 5.74) is 2.24. The lowest BCUT2D eigenvalue weighted by Crippen LogP contribution is -2.43. The minimum atomic E-state index is 0.137. The molecule has 1 aliphatic carbocycles. The summed E-state index contributed by atoms with van der Waals surface area (Å²) in [4.78, 5) is 28.8. The van der Waals surface area contributed by atoms with Gasteiger partial charge in [0.2, 0.25) is 5.91 Å². The SMILES string of the molecule is CC(=O)N(Cc1ccsc1)[C@@H]1CC12CCN(C(=O)C1=COCCC1)CC2. The minimum absolute atomic E-state index is 0.137. The van der Waals surface area contributed by atoms with Crippen molar-refractivity contribution in [2.45, 2.75) is 51.6 Å². The van der Waals surface area contributed by atoms with Crippen molar-refractivity contribution in [3.8, 4) is 0 Å². The maximum Gasteiger partial charge on any atom is 0.252 e. The number of ether oxygens (including phenoxy) is 1.